The first-order valence-electron chi connectivity index (χ1n) is 11.0. The van der Waals surface area contributed by atoms with Crippen molar-refractivity contribution < 1.29 is 50.5 Å². The zero-order valence-electron chi connectivity index (χ0n) is 20.3. The van der Waals surface area contributed by atoms with Gasteiger partial charge in [-0.3, -0.25) is 14.4 Å². The number of hydrogen-bond donors (Lipinski definition) is 2. The highest BCUT2D eigenvalue weighted by atomic mass is 35.5. The first kappa shape index (κ1) is 29.2. The fraction of sp³-hybridized carbons (Fsp3) is 0.391. The molecule has 0 spiro atoms. The average molecular weight is 581 g/mol. The Morgan fingerprint density at radius 1 is 1.21 bits per heavy atom. The van der Waals surface area contributed by atoms with Crippen LogP contribution in [0.1, 0.15) is 26.7 Å². The van der Waals surface area contributed by atoms with Gasteiger partial charge in [-0.25, -0.2) is 13.2 Å². The maximum absolute atomic E-state index is 13.8. The number of nitrogens with zero attached hydrogens (tertiary/aromatic N) is 1. The third-order valence-electron chi connectivity index (χ3n) is 5.54. The molecule has 1 heterocycles. The van der Waals surface area contributed by atoms with Crippen LogP contribution < -0.4 is 19.1 Å². The molecule has 0 aromatic heterocycles. The average Bonchev–Trinajstić information content (AvgIpc) is 2.81. The number of rotatable bonds is 8. The number of alkyl halides is 3. The number of aliphatic carboxylic acids is 1. The van der Waals surface area contributed by atoms with E-state index in [0.717, 1.165) is 4.31 Å². The molecule has 0 aliphatic carbocycles. The molecule has 2 N–H and O–H groups in total. The number of benzene rings is 2. The molecule has 3 rings (SSSR count). The number of amides is 1. The Balaban J connectivity index is 2.02. The number of sulfonamides is 1. The Morgan fingerprint density at radius 3 is 2.50 bits per heavy atom. The van der Waals surface area contributed by atoms with Crippen LogP contribution in [-0.2, 0) is 19.6 Å². The summed E-state index contributed by atoms with van der Waals surface area (Å²) in [5, 5.41) is 11.3. The maximum Gasteiger partial charge on any atom is 0.427 e. The molecule has 10 nitrogen and oxygen atoms in total. The molecular weight excluding hydrogens is 557 g/mol. The number of methoxy groups -OCH3 is 1. The van der Waals surface area contributed by atoms with E-state index in [0.29, 0.717) is 13.8 Å². The van der Waals surface area contributed by atoms with Crippen molar-refractivity contribution in [3.8, 4) is 11.5 Å². The first-order valence-corrected chi connectivity index (χ1v) is 12.8. The van der Waals surface area contributed by atoms with Crippen molar-refractivity contribution >= 4 is 45.1 Å². The molecule has 1 aliphatic heterocycles. The summed E-state index contributed by atoms with van der Waals surface area (Å²) in [6.45, 7) is 1.04. The van der Waals surface area contributed by atoms with Crippen LogP contribution in [0.5, 0.6) is 11.5 Å². The summed E-state index contributed by atoms with van der Waals surface area (Å²) in [6, 6.07) is 7.71. The minimum absolute atomic E-state index is 0.0169. The Bertz CT molecular complexity index is 1330. The summed E-state index contributed by atoms with van der Waals surface area (Å²) in [5.74, 6) is -1.09. The monoisotopic (exact) mass is 580 g/mol. The van der Waals surface area contributed by atoms with E-state index in [-0.39, 0.29) is 52.2 Å². The van der Waals surface area contributed by atoms with Crippen LogP contribution in [0.15, 0.2) is 41.3 Å². The lowest BCUT2D eigenvalue weighted by molar-refractivity contribution is -0.242. The number of ether oxygens (including phenoxy) is 3. The summed E-state index contributed by atoms with van der Waals surface area (Å²) < 4.78 is 83.2. The molecule has 0 fully saturated rings. The van der Waals surface area contributed by atoms with Gasteiger partial charge in [0.25, 0.3) is 10.0 Å². The third-order valence-corrected chi connectivity index (χ3v) is 7.58. The largest absolute Gasteiger partial charge is 0.495 e. The lowest BCUT2D eigenvalue weighted by Gasteiger charge is -2.36. The fourth-order valence-electron chi connectivity index (χ4n) is 3.46. The Labute approximate surface area is 221 Å². The minimum atomic E-state index is -4.83. The topological polar surface area (TPSA) is 131 Å². The minimum Gasteiger partial charge on any atom is -0.495 e. The highest BCUT2D eigenvalue weighted by Crippen LogP contribution is 2.42. The van der Waals surface area contributed by atoms with Crippen molar-refractivity contribution in [3.05, 3.63) is 41.4 Å². The Morgan fingerprint density at radius 2 is 1.89 bits per heavy atom. The zero-order valence-corrected chi connectivity index (χ0v) is 21.9. The molecule has 2 aromatic carbocycles. The molecule has 38 heavy (non-hydrogen) atoms. The molecule has 1 unspecified atom stereocenters. The van der Waals surface area contributed by atoms with Crippen LogP contribution in [0.2, 0.25) is 5.02 Å². The molecule has 1 aliphatic rings. The van der Waals surface area contributed by atoms with Gasteiger partial charge in [0.2, 0.25) is 5.60 Å². The molecular formula is C23H24ClF3N2O8S. The van der Waals surface area contributed by atoms with Crippen LogP contribution in [0.25, 0.3) is 0 Å². The van der Waals surface area contributed by atoms with Crippen molar-refractivity contribution in [1.82, 2.24) is 0 Å². The standard InChI is InChI=1S/C23H24ClF3N2O8S/c1-22(2,23(25,26)27)37-21(32)28-14-5-8-17-16(11-14)29(12-15(36-17)6-9-20(30)31)38(33,34)19-10-13(24)4-7-18(19)35-3/h4-5,7-8,10-11,15H,6,9,12H2,1-3H3,(H,28,32)(H,30,31). The molecule has 1 atom stereocenters. The number of halogens is 4. The normalized spacial score (nSPS) is 15.8. The van der Waals surface area contributed by atoms with Gasteiger partial charge in [-0.2, -0.15) is 13.2 Å². The predicted molar refractivity (Wildman–Crippen MR) is 131 cm³/mol. The van der Waals surface area contributed by atoms with Gasteiger partial charge in [0.05, 0.1) is 19.3 Å². The maximum atomic E-state index is 13.8. The van der Waals surface area contributed by atoms with Gasteiger partial charge >= 0.3 is 18.2 Å². The number of carbonyl (C=O) groups excluding carboxylic acids is 1. The summed E-state index contributed by atoms with van der Waals surface area (Å²) in [6.07, 6.45) is -7.43. The van der Waals surface area contributed by atoms with Crippen molar-refractivity contribution in [2.75, 3.05) is 23.3 Å². The molecule has 0 saturated heterocycles. The zero-order chi connectivity index (χ0) is 28.5. The highest BCUT2D eigenvalue weighted by Gasteiger charge is 2.51. The van der Waals surface area contributed by atoms with Crippen molar-refractivity contribution in [2.24, 2.45) is 0 Å². The number of carboxylic acids is 1. The summed E-state index contributed by atoms with van der Waals surface area (Å²) >= 11 is 6.03. The van der Waals surface area contributed by atoms with Gasteiger partial charge in [0, 0.05) is 17.1 Å². The first-order chi connectivity index (χ1) is 17.5. The summed E-state index contributed by atoms with van der Waals surface area (Å²) in [5.41, 5.74) is -2.94. The van der Waals surface area contributed by atoms with Crippen LogP contribution in [0.4, 0.5) is 29.3 Å². The summed E-state index contributed by atoms with van der Waals surface area (Å²) in [7, 11) is -3.14. The molecule has 0 bridgehead atoms. The van der Waals surface area contributed by atoms with E-state index in [1.54, 1.807) is 0 Å². The number of fused-ring (bicyclic) bond motifs is 1. The summed E-state index contributed by atoms with van der Waals surface area (Å²) in [4.78, 5) is 23.0. The molecule has 0 radical (unpaired) electrons. The van der Waals surface area contributed by atoms with Gasteiger partial charge < -0.3 is 19.3 Å². The van der Waals surface area contributed by atoms with E-state index in [1.807, 2.05) is 0 Å². The Hall–Kier alpha value is -3.39. The van der Waals surface area contributed by atoms with Crippen molar-refractivity contribution in [3.63, 3.8) is 0 Å². The van der Waals surface area contributed by atoms with Gasteiger partial charge in [-0.05, 0) is 56.7 Å². The molecule has 2 aromatic rings. The molecule has 0 saturated carbocycles. The SMILES string of the molecule is COc1ccc(Cl)cc1S(=O)(=O)N1CC(CCC(=O)O)Oc2ccc(NC(=O)OC(C)(C)C(F)(F)F)cc21. The van der Waals surface area contributed by atoms with Gasteiger partial charge in [-0.1, -0.05) is 11.6 Å². The number of carboxylic acid groups (broad SMARTS) is 1. The number of hydrogen-bond acceptors (Lipinski definition) is 7. The van der Waals surface area contributed by atoms with E-state index in [2.05, 4.69) is 10.1 Å². The molecule has 15 heteroatoms. The second kappa shape index (κ2) is 10.8. The van der Waals surface area contributed by atoms with Crippen LogP contribution in [0, 0.1) is 0 Å². The number of nitrogens with one attached hydrogen (secondary N) is 1. The van der Waals surface area contributed by atoms with Crippen molar-refractivity contribution in [2.45, 2.75) is 49.5 Å². The van der Waals surface area contributed by atoms with Gasteiger partial charge in [-0.15, -0.1) is 0 Å². The van der Waals surface area contributed by atoms with E-state index < -0.39 is 40.0 Å². The lowest BCUT2D eigenvalue weighted by atomic mass is 10.1. The van der Waals surface area contributed by atoms with Gasteiger partial charge in [0.1, 0.15) is 22.5 Å². The van der Waals surface area contributed by atoms with Crippen LogP contribution in [0.3, 0.4) is 0 Å². The third kappa shape index (κ3) is 6.35. The predicted octanol–water partition coefficient (Wildman–Crippen LogP) is 5.06. The van der Waals surface area contributed by atoms with E-state index >= 15 is 0 Å². The molecule has 1 amide bonds. The van der Waals surface area contributed by atoms with Gasteiger partial charge in [0.15, 0.2) is 0 Å². The quantitative estimate of drug-likeness (QED) is 0.443. The van der Waals surface area contributed by atoms with E-state index in [4.69, 9.17) is 26.2 Å². The van der Waals surface area contributed by atoms with Crippen LogP contribution >= 0.6 is 11.6 Å². The Kier molecular flexibility index (Phi) is 8.27. The fourth-order valence-corrected chi connectivity index (χ4v) is 5.38. The molecule has 208 valence electrons. The number of anilines is 2. The van der Waals surface area contributed by atoms with E-state index in [9.17, 15) is 31.2 Å². The van der Waals surface area contributed by atoms with Crippen LogP contribution in [-0.4, -0.2) is 57.1 Å². The van der Waals surface area contributed by atoms with Crippen molar-refractivity contribution in [1.29, 1.82) is 0 Å². The van der Waals surface area contributed by atoms with E-state index in [1.165, 1.54) is 43.5 Å². The highest BCUT2D eigenvalue weighted by molar-refractivity contribution is 7.93. The smallest absolute Gasteiger partial charge is 0.427 e. The number of carbonyl (C=O) groups is 2. The second-order valence-corrected chi connectivity index (χ2v) is 11.0. The second-order valence-electron chi connectivity index (χ2n) is 8.71. The lowest BCUT2D eigenvalue weighted by Crippen LogP contribution is -2.44.